The lowest BCUT2D eigenvalue weighted by Gasteiger charge is -2.23. The smallest absolute Gasteiger partial charge is 0.161 e. The van der Waals surface area contributed by atoms with Crippen LogP contribution in [-0.2, 0) is 13.0 Å². The second-order valence-corrected chi connectivity index (χ2v) is 6.46. The van der Waals surface area contributed by atoms with Crippen LogP contribution in [0.5, 0.6) is 11.5 Å². The average Bonchev–Trinajstić information content (AvgIpc) is 2.61. The number of hydrogen-bond acceptors (Lipinski definition) is 4. The molecule has 0 saturated carbocycles. The largest absolute Gasteiger partial charge is 0.493 e. The Kier molecular flexibility index (Phi) is 6.64. The quantitative estimate of drug-likeness (QED) is 0.742. The van der Waals surface area contributed by atoms with E-state index in [4.69, 9.17) is 9.47 Å². The van der Waals surface area contributed by atoms with E-state index >= 15 is 0 Å². The standard InChI is InChI=1S/C20H27NO3/c1-20(2,15-22)21-14-17-9-10-18(19(13-17)23-3)24-12-11-16-7-5-4-6-8-16/h4-10,13,21-22H,11-12,14-15H2,1-3H3. The molecule has 0 spiro atoms. The molecule has 0 amide bonds. The highest BCUT2D eigenvalue weighted by Gasteiger charge is 2.15. The van der Waals surface area contributed by atoms with E-state index in [1.54, 1.807) is 7.11 Å². The van der Waals surface area contributed by atoms with E-state index in [1.165, 1.54) is 5.56 Å². The van der Waals surface area contributed by atoms with Gasteiger partial charge in [0.25, 0.3) is 0 Å². The molecule has 4 nitrogen and oxygen atoms in total. The fourth-order valence-electron chi connectivity index (χ4n) is 2.26. The Bertz CT molecular complexity index is 626. The van der Waals surface area contributed by atoms with Crippen molar-refractivity contribution in [2.24, 2.45) is 0 Å². The molecule has 0 aromatic heterocycles. The number of nitrogens with one attached hydrogen (secondary N) is 1. The Labute approximate surface area is 144 Å². The van der Waals surface area contributed by atoms with Gasteiger partial charge in [0, 0.05) is 18.5 Å². The zero-order valence-electron chi connectivity index (χ0n) is 14.7. The molecule has 0 fully saturated rings. The van der Waals surface area contributed by atoms with Gasteiger partial charge in [0.1, 0.15) is 0 Å². The van der Waals surface area contributed by atoms with Crippen molar-refractivity contribution >= 4 is 0 Å². The molecule has 2 rings (SSSR count). The lowest BCUT2D eigenvalue weighted by atomic mass is 10.1. The van der Waals surface area contributed by atoms with Crippen molar-refractivity contribution < 1.29 is 14.6 Å². The van der Waals surface area contributed by atoms with Gasteiger partial charge in [-0.25, -0.2) is 0 Å². The highest BCUT2D eigenvalue weighted by atomic mass is 16.5. The third-order valence-corrected chi connectivity index (χ3v) is 3.89. The molecule has 0 aliphatic heterocycles. The molecule has 24 heavy (non-hydrogen) atoms. The monoisotopic (exact) mass is 329 g/mol. The third kappa shape index (κ3) is 5.55. The summed E-state index contributed by atoms with van der Waals surface area (Å²) < 4.78 is 11.3. The number of benzene rings is 2. The van der Waals surface area contributed by atoms with Gasteiger partial charge in [0.05, 0.1) is 20.3 Å². The Morgan fingerprint density at radius 1 is 1.00 bits per heavy atom. The predicted molar refractivity (Wildman–Crippen MR) is 96.6 cm³/mol. The molecule has 4 heteroatoms. The first-order valence-corrected chi connectivity index (χ1v) is 8.23. The van der Waals surface area contributed by atoms with Crippen LogP contribution < -0.4 is 14.8 Å². The van der Waals surface area contributed by atoms with E-state index in [9.17, 15) is 5.11 Å². The summed E-state index contributed by atoms with van der Waals surface area (Å²) in [4.78, 5) is 0. The van der Waals surface area contributed by atoms with E-state index in [2.05, 4.69) is 17.4 Å². The van der Waals surface area contributed by atoms with Crippen molar-refractivity contribution in [2.45, 2.75) is 32.4 Å². The number of hydrogen-bond donors (Lipinski definition) is 2. The lowest BCUT2D eigenvalue weighted by Crippen LogP contribution is -2.42. The van der Waals surface area contributed by atoms with Crippen LogP contribution in [0.2, 0.25) is 0 Å². The molecule has 2 aromatic rings. The fraction of sp³-hybridized carbons (Fsp3) is 0.400. The summed E-state index contributed by atoms with van der Waals surface area (Å²) in [7, 11) is 1.65. The molecule has 0 heterocycles. The van der Waals surface area contributed by atoms with Crippen molar-refractivity contribution in [2.75, 3.05) is 20.3 Å². The van der Waals surface area contributed by atoms with Crippen LogP contribution >= 0.6 is 0 Å². The van der Waals surface area contributed by atoms with Crippen molar-refractivity contribution in [1.82, 2.24) is 5.32 Å². The molecule has 0 aliphatic rings. The molecule has 2 aromatic carbocycles. The SMILES string of the molecule is COc1cc(CNC(C)(C)CO)ccc1OCCc1ccccc1. The number of aliphatic hydroxyl groups is 1. The highest BCUT2D eigenvalue weighted by Crippen LogP contribution is 2.28. The van der Waals surface area contributed by atoms with Gasteiger partial charge in [0.2, 0.25) is 0 Å². The Morgan fingerprint density at radius 2 is 1.75 bits per heavy atom. The molecular formula is C20H27NO3. The summed E-state index contributed by atoms with van der Waals surface area (Å²) in [5.41, 5.74) is 2.03. The molecule has 0 atom stereocenters. The van der Waals surface area contributed by atoms with Gasteiger partial charge in [-0.2, -0.15) is 0 Å². The van der Waals surface area contributed by atoms with E-state index in [-0.39, 0.29) is 12.1 Å². The Morgan fingerprint density at radius 3 is 2.42 bits per heavy atom. The summed E-state index contributed by atoms with van der Waals surface area (Å²) in [6.07, 6.45) is 0.859. The molecule has 2 N–H and O–H groups in total. The first-order valence-electron chi connectivity index (χ1n) is 8.23. The first-order chi connectivity index (χ1) is 11.5. The van der Waals surface area contributed by atoms with Crippen molar-refractivity contribution in [3.8, 4) is 11.5 Å². The summed E-state index contributed by atoms with van der Waals surface area (Å²) in [5, 5.41) is 12.6. The molecular weight excluding hydrogens is 302 g/mol. The minimum atomic E-state index is -0.307. The average molecular weight is 329 g/mol. The molecule has 0 unspecified atom stereocenters. The summed E-state index contributed by atoms with van der Waals surface area (Å²) >= 11 is 0. The van der Waals surface area contributed by atoms with Gasteiger partial charge in [-0.05, 0) is 37.1 Å². The van der Waals surface area contributed by atoms with Gasteiger partial charge >= 0.3 is 0 Å². The lowest BCUT2D eigenvalue weighted by molar-refractivity contribution is 0.187. The van der Waals surface area contributed by atoms with Gasteiger partial charge in [-0.1, -0.05) is 36.4 Å². The minimum absolute atomic E-state index is 0.0881. The summed E-state index contributed by atoms with van der Waals surface area (Å²) in [5.74, 6) is 1.47. The van der Waals surface area contributed by atoms with E-state index in [0.717, 1.165) is 23.5 Å². The summed E-state index contributed by atoms with van der Waals surface area (Å²) in [6.45, 7) is 5.28. The van der Waals surface area contributed by atoms with E-state index in [0.29, 0.717) is 13.2 Å². The van der Waals surface area contributed by atoms with Crippen LogP contribution in [-0.4, -0.2) is 31.0 Å². The van der Waals surface area contributed by atoms with Crippen LogP contribution in [0, 0.1) is 0 Å². The van der Waals surface area contributed by atoms with Gasteiger partial charge < -0.3 is 19.9 Å². The second kappa shape index (κ2) is 8.71. The molecule has 0 aliphatic carbocycles. The van der Waals surface area contributed by atoms with Gasteiger partial charge in [-0.15, -0.1) is 0 Å². The molecule has 130 valence electrons. The topological polar surface area (TPSA) is 50.7 Å². The van der Waals surface area contributed by atoms with Crippen molar-refractivity contribution in [3.63, 3.8) is 0 Å². The fourth-order valence-corrected chi connectivity index (χ4v) is 2.26. The number of methoxy groups -OCH3 is 1. The first kappa shape index (κ1) is 18.3. The van der Waals surface area contributed by atoms with Crippen molar-refractivity contribution in [1.29, 1.82) is 0 Å². The van der Waals surface area contributed by atoms with Gasteiger partial charge in [-0.3, -0.25) is 0 Å². The normalized spacial score (nSPS) is 11.3. The Balaban J connectivity index is 1.93. The number of aliphatic hydroxyl groups excluding tert-OH is 1. The maximum absolute atomic E-state index is 9.30. The van der Waals surface area contributed by atoms with Crippen LogP contribution in [0.3, 0.4) is 0 Å². The van der Waals surface area contributed by atoms with Crippen LogP contribution in [0.1, 0.15) is 25.0 Å². The van der Waals surface area contributed by atoms with E-state index in [1.807, 2.05) is 50.2 Å². The predicted octanol–water partition coefficient (Wildman–Crippen LogP) is 3.18. The molecule has 0 radical (unpaired) electrons. The van der Waals surface area contributed by atoms with Gasteiger partial charge in [0.15, 0.2) is 11.5 Å². The number of ether oxygens (including phenoxy) is 2. The third-order valence-electron chi connectivity index (χ3n) is 3.89. The summed E-state index contributed by atoms with van der Waals surface area (Å²) in [6, 6.07) is 16.2. The Hall–Kier alpha value is -2.04. The van der Waals surface area contributed by atoms with Crippen LogP contribution in [0.25, 0.3) is 0 Å². The zero-order chi connectivity index (χ0) is 17.4. The second-order valence-electron chi connectivity index (χ2n) is 6.46. The zero-order valence-corrected chi connectivity index (χ0v) is 14.7. The molecule has 0 saturated heterocycles. The minimum Gasteiger partial charge on any atom is -0.493 e. The maximum Gasteiger partial charge on any atom is 0.161 e. The van der Waals surface area contributed by atoms with Crippen LogP contribution in [0.15, 0.2) is 48.5 Å². The maximum atomic E-state index is 9.30. The van der Waals surface area contributed by atoms with Crippen molar-refractivity contribution in [3.05, 3.63) is 59.7 Å². The number of rotatable bonds is 9. The van der Waals surface area contributed by atoms with E-state index < -0.39 is 0 Å². The molecule has 0 bridgehead atoms. The van der Waals surface area contributed by atoms with Crippen LogP contribution in [0.4, 0.5) is 0 Å². The highest BCUT2D eigenvalue weighted by molar-refractivity contribution is 5.43.